The number of hydrogen-bond acceptors (Lipinski definition) is 3. The first-order valence-electron chi connectivity index (χ1n) is 13.4. The molecule has 0 bridgehead atoms. The molecule has 0 aromatic heterocycles. The second-order valence-corrected chi connectivity index (χ2v) is 10.4. The number of amides is 1. The van der Waals surface area contributed by atoms with Crippen LogP contribution in [-0.2, 0) is 17.6 Å². The highest BCUT2D eigenvalue weighted by Gasteiger charge is 2.23. The zero-order valence-electron chi connectivity index (χ0n) is 21.4. The standard InChI is InChI=1S/C32H35N3O.ClH/c33-23-25-8-11-26-17-20-35(21-18-29(26)22-25)19-16-24-9-13-30(14-10-24)34-32(36)15-12-28-6-3-5-27-4-1-2-7-31(27)28;/h1-8,11-12,15,22,24,30H,9-10,13-14,16-21H2,(H,34,36);1H/b15-12+;. The van der Waals surface area contributed by atoms with Crippen LogP contribution in [0.1, 0.15) is 54.4 Å². The molecule has 192 valence electrons. The minimum Gasteiger partial charge on any atom is -0.350 e. The Balaban J connectivity index is 0.00000320. The average molecular weight is 514 g/mol. The van der Waals surface area contributed by atoms with Gasteiger partial charge in [-0.05, 0) is 103 Å². The number of rotatable bonds is 6. The van der Waals surface area contributed by atoms with Gasteiger partial charge in [0.25, 0.3) is 0 Å². The van der Waals surface area contributed by atoms with Gasteiger partial charge < -0.3 is 10.2 Å². The number of hydrogen-bond donors (Lipinski definition) is 1. The summed E-state index contributed by atoms with van der Waals surface area (Å²) in [5.74, 6) is 0.760. The monoisotopic (exact) mass is 513 g/mol. The van der Waals surface area contributed by atoms with Gasteiger partial charge >= 0.3 is 0 Å². The number of nitrogens with one attached hydrogen (secondary N) is 1. The third kappa shape index (κ3) is 7.01. The first kappa shape index (κ1) is 26.9. The Morgan fingerprint density at radius 3 is 2.54 bits per heavy atom. The topological polar surface area (TPSA) is 56.1 Å². The molecule has 37 heavy (non-hydrogen) atoms. The number of carbonyl (C=O) groups excluding carboxylic acids is 1. The van der Waals surface area contributed by atoms with Crippen LogP contribution in [0.3, 0.4) is 0 Å². The van der Waals surface area contributed by atoms with E-state index in [1.165, 1.54) is 41.2 Å². The van der Waals surface area contributed by atoms with Gasteiger partial charge in [-0.15, -0.1) is 12.4 Å². The lowest BCUT2D eigenvalue weighted by molar-refractivity contribution is -0.117. The summed E-state index contributed by atoms with van der Waals surface area (Å²) >= 11 is 0. The van der Waals surface area contributed by atoms with Crippen LogP contribution in [0, 0.1) is 17.2 Å². The van der Waals surface area contributed by atoms with Crippen LogP contribution in [0.25, 0.3) is 16.8 Å². The SMILES string of the molecule is Cl.N#Cc1ccc2c(c1)CCN(CCC1CCC(NC(=O)/C=C/c3cccc4ccccc34)CC1)CC2. The lowest BCUT2D eigenvalue weighted by atomic mass is 9.84. The molecule has 2 aliphatic rings. The van der Waals surface area contributed by atoms with E-state index in [1.807, 2.05) is 30.3 Å². The number of halogens is 1. The van der Waals surface area contributed by atoms with Crippen molar-refractivity contribution in [1.29, 1.82) is 5.26 Å². The summed E-state index contributed by atoms with van der Waals surface area (Å²) < 4.78 is 0. The van der Waals surface area contributed by atoms with E-state index in [0.717, 1.165) is 62.4 Å². The molecular formula is C32H36ClN3O. The van der Waals surface area contributed by atoms with Gasteiger partial charge in [0.1, 0.15) is 0 Å². The summed E-state index contributed by atoms with van der Waals surface area (Å²) in [4.78, 5) is 15.2. The molecule has 3 aromatic carbocycles. The molecule has 3 aromatic rings. The van der Waals surface area contributed by atoms with Gasteiger partial charge in [0.2, 0.25) is 5.91 Å². The van der Waals surface area contributed by atoms with Gasteiger partial charge in [0, 0.05) is 25.2 Å². The molecule has 1 heterocycles. The second-order valence-electron chi connectivity index (χ2n) is 10.4. The van der Waals surface area contributed by atoms with Gasteiger partial charge in [-0.3, -0.25) is 4.79 Å². The fourth-order valence-corrected chi connectivity index (χ4v) is 5.84. The summed E-state index contributed by atoms with van der Waals surface area (Å²) in [6.07, 6.45) is 11.5. The van der Waals surface area contributed by atoms with Gasteiger partial charge in [-0.2, -0.15) is 5.26 Å². The highest BCUT2D eigenvalue weighted by atomic mass is 35.5. The average Bonchev–Trinajstić information content (AvgIpc) is 3.13. The molecular weight excluding hydrogens is 478 g/mol. The van der Waals surface area contributed by atoms with Gasteiger partial charge in [0.05, 0.1) is 11.6 Å². The second kappa shape index (κ2) is 12.9. The van der Waals surface area contributed by atoms with Crippen LogP contribution in [0.15, 0.2) is 66.7 Å². The third-order valence-electron chi connectivity index (χ3n) is 8.01. The van der Waals surface area contributed by atoms with Crippen molar-refractivity contribution in [1.82, 2.24) is 10.2 Å². The molecule has 1 amide bonds. The minimum absolute atomic E-state index is 0. The lowest BCUT2D eigenvalue weighted by Crippen LogP contribution is -2.37. The predicted molar refractivity (Wildman–Crippen MR) is 154 cm³/mol. The quantitative estimate of drug-likeness (QED) is 0.393. The van der Waals surface area contributed by atoms with Crippen molar-refractivity contribution >= 4 is 35.2 Å². The zero-order valence-corrected chi connectivity index (χ0v) is 22.2. The van der Waals surface area contributed by atoms with Crippen molar-refractivity contribution < 1.29 is 4.79 Å². The molecule has 1 aliphatic heterocycles. The normalized spacial score (nSPS) is 20.0. The van der Waals surface area contributed by atoms with Gasteiger partial charge in [-0.25, -0.2) is 0 Å². The Bertz CT molecular complexity index is 1280. The van der Waals surface area contributed by atoms with E-state index in [-0.39, 0.29) is 24.4 Å². The molecule has 0 unspecified atom stereocenters. The Morgan fingerprint density at radius 2 is 1.73 bits per heavy atom. The molecule has 0 saturated heterocycles. The Morgan fingerprint density at radius 1 is 0.973 bits per heavy atom. The molecule has 1 N–H and O–H groups in total. The molecule has 1 fully saturated rings. The Labute approximate surface area is 226 Å². The summed E-state index contributed by atoms with van der Waals surface area (Å²) in [7, 11) is 0. The fraction of sp³-hybridized carbons (Fsp3) is 0.375. The van der Waals surface area contributed by atoms with Gasteiger partial charge in [-0.1, -0.05) is 48.5 Å². The molecule has 5 rings (SSSR count). The summed E-state index contributed by atoms with van der Waals surface area (Å²) in [6, 6.07) is 23.2. The van der Waals surface area contributed by atoms with E-state index in [2.05, 4.69) is 52.7 Å². The molecule has 0 radical (unpaired) electrons. The number of nitriles is 1. The van der Waals surface area contributed by atoms with Crippen LogP contribution in [0.4, 0.5) is 0 Å². The smallest absolute Gasteiger partial charge is 0.244 e. The maximum atomic E-state index is 12.6. The molecule has 0 spiro atoms. The van der Waals surface area contributed by atoms with Crippen molar-refractivity contribution in [2.45, 2.75) is 51.0 Å². The predicted octanol–water partition coefficient (Wildman–Crippen LogP) is 6.31. The summed E-state index contributed by atoms with van der Waals surface area (Å²) in [6.45, 7) is 3.33. The van der Waals surface area contributed by atoms with E-state index < -0.39 is 0 Å². The number of benzene rings is 3. The van der Waals surface area contributed by atoms with Crippen molar-refractivity contribution in [3.63, 3.8) is 0 Å². The molecule has 5 heteroatoms. The third-order valence-corrected chi connectivity index (χ3v) is 8.01. The fourth-order valence-electron chi connectivity index (χ4n) is 5.84. The molecule has 4 nitrogen and oxygen atoms in total. The largest absolute Gasteiger partial charge is 0.350 e. The summed E-state index contributed by atoms with van der Waals surface area (Å²) in [5.41, 5.74) is 4.61. The highest BCUT2D eigenvalue weighted by molar-refractivity contribution is 5.96. The van der Waals surface area contributed by atoms with Crippen LogP contribution in [-0.4, -0.2) is 36.5 Å². The summed E-state index contributed by atoms with van der Waals surface area (Å²) in [5, 5.41) is 14.8. The van der Waals surface area contributed by atoms with E-state index in [1.54, 1.807) is 6.08 Å². The maximum Gasteiger partial charge on any atom is 0.244 e. The van der Waals surface area contributed by atoms with E-state index in [9.17, 15) is 10.1 Å². The maximum absolute atomic E-state index is 12.6. The molecule has 1 saturated carbocycles. The zero-order chi connectivity index (χ0) is 24.7. The number of nitrogens with zero attached hydrogens (tertiary/aromatic N) is 2. The first-order valence-corrected chi connectivity index (χ1v) is 13.4. The van der Waals surface area contributed by atoms with Crippen molar-refractivity contribution in [3.8, 4) is 6.07 Å². The number of fused-ring (bicyclic) bond motifs is 2. The van der Waals surface area contributed by atoms with Crippen LogP contribution in [0.5, 0.6) is 0 Å². The van der Waals surface area contributed by atoms with E-state index in [4.69, 9.17) is 0 Å². The minimum atomic E-state index is 0. The van der Waals surface area contributed by atoms with Gasteiger partial charge in [0.15, 0.2) is 0 Å². The van der Waals surface area contributed by atoms with Crippen molar-refractivity contribution in [2.24, 2.45) is 5.92 Å². The van der Waals surface area contributed by atoms with Crippen LogP contribution in [0.2, 0.25) is 0 Å². The molecule has 1 aliphatic carbocycles. The van der Waals surface area contributed by atoms with Crippen LogP contribution < -0.4 is 5.32 Å². The lowest BCUT2D eigenvalue weighted by Gasteiger charge is -2.30. The van der Waals surface area contributed by atoms with E-state index >= 15 is 0 Å². The number of carbonyl (C=O) groups is 1. The Kier molecular flexibility index (Phi) is 9.39. The highest BCUT2D eigenvalue weighted by Crippen LogP contribution is 2.28. The van der Waals surface area contributed by atoms with Crippen molar-refractivity contribution in [2.75, 3.05) is 19.6 Å². The Hall–Kier alpha value is -3.13. The van der Waals surface area contributed by atoms with E-state index in [0.29, 0.717) is 0 Å². The van der Waals surface area contributed by atoms with Crippen molar-refractivity contribution in [3.05, 3.63) is 89.0 Å². The van der Waals surface area contributed by atoms with Crippen LogP contribution >= 0.6 is 12.4 Å². The molecule has 0 atom stereocenters. The first-order chi connectivity index (χ1) is 17.7.